The van der Waals surface area contributed by atoms with Crippen LogP contribution in [0, 0.1) is 0 Å². The molecule has 0 spiro atoms. The van der Waals surface area contributed by atoms with Crippen molar-refractivity contribution in [3.8, 4) is 34.1 Å². The van der Waals surface area contributed by atoms with Crippen molar-refractivity contribution in [1.82, 2.24) is 0 Å². The molecular weight excluding hydrogens is 396 g/mol. The Morgan fingerprint density at radius 3 is 2.00 bits per heavy atom. The molecule has 0 fully saturated rings. The molecule has 31 heavy (non-hydrogen) atoms. The fourth-order valence-corrected chi connectivity index (χ4v) is 3.34. The lowest BCUT2D eigenvalue weighted by atomic mass is 9.97. The minimum absolute atomic E-state index is 0.0349. The molecule has 0 saturated carbocycles. The van der Waals surface area contributed by atoms with Gasteiger partial charge in [-0.2, -0.15) is 0 Å². The standard InChI is InChI=1S/C25H26O6/c1-13(2)5-7-16-19(26)10-9-15(23(16)28)18-12-31-21-11-20(27)17(8-6-14(3)4)24(29)22(21)25(18)30/h5-6,9-12,26-29H,7-8H2,1-4H3. The molecule has 0 amide bonds. The lowest BCUT2D eigenvalue weighted by Gasteiger charge is -2.12. The van der Waals surface area contributed by atoms with Crippen LogP contribution in [0.4, 0.5) is 0 Å². The molecule has 0 radical (unpaired) electrons. The monoisotopic (exact) mass is 422 g/mol. The van der Waals surface area contributed by atoms with E-state index in [0.717, 1.165) is 11.1 Å². The second-order valence-electron chi connectivity index (χ2n) is 8.01. The zero-order chi connectivity index (χ0) is 22.9. The van der Waals surface area contributed by atoms with Gasteiger partial charge in [0, 0.05) is 22.8 Å². The van der Waals surface area contributed by atoms with Gasteiger partial charge in [0.05, 0.1) is 5.56 Å². The smallest absolute Gasteiger partial charge is 0.204 e. The highest BCUT2D eigenvalue weighted by molar-refractivity contribution is 5.90. The second kappa shape index (κ2) is 8.60. The average Bonchev–Trinajstić information content (AvgIpc) is 2.68. The number of rotatable bonds is 5. The molecule has 0 unspecified atom stereocenters. The molecule has 3 aromatic rings. The minimum atomic E-state index is -0.550. The fourth-order valence-electron chi connectivity index (χ4n) is 3.34. The molecule has 3 rings (SSSR count). The Bertz CT molecular complexity index is 1270. The number of hydrogen-bond acceptors (Lipinski definition) is 6. The Balaban J connectivity index is 2.24. The zero-order valence-corrected chi connectivity index (χ0v) is 18.0. The Morgan fingerprint density at radius 2 is 1.42 bits per heavy atom. The molecular formula is C25H26O6. The Labute approximate surface area is 180 Å². The van der Waals surface area contributed by atoms with Crippen molar-refractivity contribution < 1.29 is 24.8 Å². The summed E-state index contributed by atoms with van der Waals surface area (Å²) in [5.74, 6) is -0.839. The van der Waals surface area contributed by atoms with E-state index in [1.807, 2.05) is 39.8 Å². The van der Waals surface area contributed by atoms with Gasteiger partial charge >= 0.3 is 0 Å². The summed E-state index contributed by atoms with van der Waals surface area (Å²) in [6.07, 6.45) is 5.39. The molecule has 0 atom stereocenters. The van der Waals surface area contributed by atoms with Gasteiger partial charge in [-0.3, -0.25) is 4.79 Å². The number of aromatic hydroxyl groups is 4. The topological polar surface area (TPSA) is 111 Å². The number of hydrogen-bond donors (Lipinski definition) is 4. The van der Waals surface area contributed by atoms with Crippen LogP contribution in [0.25, 0.3) is 22.1 Å². The van der Waals surface area contributed by atoms with Crippen LogP contribution in [0.5, 0.6) is 23.0 Å². The van der Waals surface area contributed by atoms with Gasteiger partial charge in [0.15, 0.2) is 0 Å². The molecule has 6 nitrogen and oxygen atoms in total. The highest BCUT2D eigenvalue weighted by Crippen LogP contribution is 2.39. The van der Waals surface area contributed by atoms with Gasteiger partial charge in [-0.25, -0.2) is 0 Å². The number of benzene rings is 2. The number of phenolic OH excluding ortho intramolecular Hbond substituents is 4. The van der Waals surface area contributed by atoms with E-state index in [9.17, 15) is 25.2 Å². The van der Waals surface area contributed by atoms with Gasteiger partial charge in [0.2, 0.25) is 5.43 Å². The fraction of sp³-hybridized carbons (Fsp3) is 0.240. The van der Waals surface area contributed by atoms with Crippen molar-refractivity contribution in [1.29, 1.82) is 0 Å². The number of allylic oxidation sites excluding steroid dienone is 4. The minimum Gasteiger partial charge on any atom is -0.508 e. The highest BCUT2D eigenvalue weighted by atomic mass is 16.3. The summed E-state index contributed by atoms with van der Waals surface area (Å²) in [5, 5.41) is 41.9. The molecule has 0 aliphatic carbocycles. The van der Waals surface area contributed by atoms with E-state index in [1.54, 1.807) is 0 Å². The maximum Gasteiger partial charge on any atom is 0.204 e. The van der Waals surface area contributed by atoms with Crippen LogP contribution >= 0.6 is 0 Å². The van der Waals surface area contributed by atoms with Crippen LogP contribution in [-0.2, 0) is 12.8 Å². The van der Waals surface area contributed by atoms with Crippen molar-refractivity contribution >= 4 is 11.0 Å². The van der Waals surface area contributed by atoms with Crippen LogP contribution in [0.1, 0.15) is 38.8 Å². The van der Waals surface area contributed by atoms with Crippen LogP contribution in [0.2, 0.25) is 0 Å². The maximum absolute atomic E-state index is 13.3. The largest absolute Gasteiger partial charge is 0.508 e. The van der Waals surface area contributed by atoms with Crippen LogP contribution in [0.15, 0.2) is 57.0 Å². The van der Waals surface area contributed by atoms with E-state index in [2.05, 4.69) is 0 Å². The summed E-state index contributed by atoms with van der Waals surface area (Å²) < 4.78 is 5.52. The zero-order valence-electron chi connectivity index (χ0n) is 18.0. The molecule has 162 valence electrons. The molecule has 1 heterocycles. The van der Waals surface area contributed by atoms with Crippen molar-refractivity contribution in [2.45, 2.75) is 40.5 Å². The highest BCUT2D eigenvalue weighted by Gasteiger charge is 2.21. The van der Waals surface area contributed by atoms with Gasteiger partial charge < -0.3 is 24.8 Å². The number of phenols is 4. The SMILES string of the molecule is CC(C)=CCc1c(O)ccc(-c2coc3cc(O)c(CC=C(C)C)c(O)c3c2=O)c1O. The Kier molecular flexibility index (Phi) is 6.11. The second-order valence-corrected chi connectivity index (χ2v) is 8.01. The van der Waals surface area contributed by atoms with E-state index in [1.165, 1.54) is 24.5 Å². The molecule has 0 saturated heterocycles. The molecule has 0 bridgehead atoms. The molecule has 4 N–H and O–H groups in total. The summed E-state index contributed by atoms with van der Waals surface area (Å²) in [7, 11) is 0. The van der Waals surface area contributed by atoms with E-state index >= 15 is 0 Å². The third-order valence-electron chi connectivity index (χ3n) is 5.10. The van der Waals surface area contributed by atoms with Crippen LogP contribution in [-0.4, -0.2) is 20.4 Å². The van der Waals surface area contributed by atoms with Gasteiger partial charge in [-0.1, -0.05) is 23.3 Å². The summed E-state index contributed by atoms with van der Waals surface area (Å²) in [6, 6.07) is 4.13. The molecule has 1 aromatic heterocycles. The number of fused-ring (bicyclic) bond motifs is 1. The molecule has 2 aromatic carbocycles. The first-order valence-electron chi connectivity index (χ1n) is 9.92. The van der Waals surface area contributed by atoms with Crippen LogP contribution in [0.3, 0.4) is 0 Å². The summed E-state index contributed by atoms with van der Waals surface area (Å²) >= 11 is 0. The first-order valence-corrected chi connectivity index (χ1v) is 9.92. The van der Waals surface area contributed by atoms with Crippen molar-refractivity contribution in [2.75, 3.05) is 0 Å². The van der Waals surface area contributed by atoms with Crippen molar-refractivity contribution in [3.63, 3.8) is 0 Å². The van der Waals surface area contributed by atoms with Gasteiger partial charge in [0.25, 0.3) is 0 Å². The Morgan fingerprint density at radius 1 is 0.839 bits per heavy atom. The third-order valence-corrected chi connectivity index (χ3v) is 5.10. The lowest BCUT2D eigenvalue weighted by molar-refractivity contribution is 0.440. The molecule has 0 aliphatic heterocycles. The van der Waals surface area contributed by atoms with Gasteiger partial charge in [0.1, 0.15) is 40.2 Å². The van der Waals surface area contributed by atoms with Gasteiger partial charge in [-0.05, 0) is 52.7 Å². The van der Waals surface area contributed by atoms with Crippen LogP contribution < -0.4 is 5.43 Å². The predicted octanol–water partition coefficient (Wildman–Crippen LogP) is 5.30. The van der Waals surface area contributed by atoms with Crippen molar-refractivity contribution in [2.24, 2.45) is 0 Å². The lowest BCUT2D eigenvalue weighted by Crippen LogP contribution is -2.07. The predicted molar refractivity (Wildman–Crippen MR) is 121 cm³/mol. The molecule has 0 aliphatic rings. The normalized spacial score (nSPS) is 10.8. The summed E-state index contributed by atoms with van der Waals surface area (Å²) in [6.45, 7) is 7.59. The van der Waals surface area contributed by atoms with E-state index in [4.69, 9.17) is 4.42 Å². The molecule has 6 heteroatoms. The first-order chi connectivity index (χ1) is 14.6. The average molecular weight is 422 g/mol. The Hall–Kier alpha value is -3.67. The van der Waals surface area contributed by atoms with E-state index < -0.39 is 5.43 Å². The van der Waals surface area contributed by atoms with E-state index in [0.29, 0.717) is 6.42 Å². The van der Waals surface area contributed by atoms with Crippen molar-refractivity contribution in [3.05, 3.63) is 69.1 Å². The third kappa shape index (κ3) is 4.28. The maximum atomic E-state index is 13.3. The quantitative estimate of drug-likeness (QED) is 0.415. The first kappa shape index (κ1) is 22.0. The van der Waals surface area contributed by atoms with E-state index in [-0.39, 0.29) is 62.6 Å². The summed E-state index contributed by atoms with van der Waals surface area (Å²) in [4.78, 5) is 13.3. The summed E-state index contributed by atoms with van der Waals surface area (Å²) in [5.41, 5.74) is 2.23. The van der Waals surface area contributed by atoms with Gasteiger partial charge in [-0.15, -0.1) is 0 Å².